The number of hydrogen-bond donors (Lipinski definition) is 1. The number of rotatable bonds is 4. The second kappa shape index (κ2) is 6.34. The van der Waals surface area contributed by atoms with E-state index in [0.717, 1.165) is 0 Å². The number of amides is 1. The molecule has 1 saturated heterocycles. The maximum atomic E-state index is 12.2. The first-order valence-corrected chi connectivity index (χ1v) is 6.65. The summed E-state index contributed by atoms with van der Waals surface area (Å²) in [5.74, 6) is -0.184. The summed E-state index contributed by atoms with van der Waals surface area (Å²) in [6.07, 6.45) is 0. The molecule has 1 N–H and O–H groups in total. The van der Waals surface area contributed by atoms with Crippen molar-refractivity contribution in [1.29, 1.82) is 0 Å². The van der Waals surface area contributed by atoms with Crippen molar-refractivity contribution in [3.63, 3.8) is 0 Å². The number of carbonyl (C=O) groups is 1. The molecule has 2 rings (SSSR count). The van der Waals surface area contributed by atoms with E-state index in [2.05, 4.69) is 5.32 Å². The van der Waals surface area contributed by atoms with E-state index in [4.69, 9.17) is 16.3 Å². The minimum absolute atomic E-state index is 0.184. The van der Waals surface area contributed by atoms with Gasteiger partial charge in [0.15, 0.2) is 0 Å². The number of morpholine rings is 1. The highest BCUT2D eigenvalue weighted by atomic mass is 35.5. The Bertz CT molecular complexity index is 430. The van der Waals surface area contributed by atoms with E-state index in [0.29, 0.717) is 50.0 Å². The number of benzene rings is 1. The van der Waals surface area contributed by atoms with E-state index in [1.54, 1.807) is 24.3 Å². The van der Waals surface area contributed by atoms with Gasteiger partial charge in [-0.05, 0) is 24.3 Å². The molecule has 19 heavy (non-hydrogen) atoms. The number of carbonyl (C=O) groups excluding carboxylic acids is 1. The third-order valence-corrected chi connectivity index (χ3v) is 3.45. The van der Waals surface area contributed by atoms with Crippen LogP contribution in [0.15, 0.2) is 24.3 Å². The van der Waals surface area contributed by atoms with E-state index in [9.17, 15) is 10.0 Å². The van der Waals surface area contributed by atoms with Gasteiger partial charge in [-0.1, -0.05) is 11.6 Å². The zero-order valence-electron chi connectivity index (χ0n) is 10.6. The van der Waals surface area contributed by atoms with E-state index >= 15 is 0 Å². The van der Waals surface area contributed by atoms with Crippen LogP contribution in [0.25, 0.3) is 0 Å². The van der Waals surface area contributed by atoms with Crippen molar-refractivity contribution >= 4 is 17.5 Å². The van der Waals surface area contributed by atoms with Crippen molar-refractivity contribution in [1.82, 2.24) is 5.32 Å². The third kappa shape index (κ3) is 4.18. The SMILES string of the molecule is O=C(NCC[N+]1([O-])CCOCC1)c1ccc(Cl)cc1. The Morgan fingerprint density at radius 1 is 1.32 bits per heavy atom. The van der Waals surface area contributed by atoms with Crippen LogP contribution in [-0.4, -0.2) is 49.9 Å². The molecule has 5 nitrogen and oxygen atoms in total. The van der Waals surface area contributed by atoms with Crippen molar-refractivity contribution in [3.05, 3.63) is 40.1 Å². The van der Waals surface area contributed by atoms with Crippen LogP contribution in [0.2, 0.25) is 5.02 Å². The molecular formula is C13H17ClN2O3. The van der Waals surface area contributed by atoms with Crippen LogP contribution in [0.5, 0.6) is 0 Å². The number of hydroxylamine groups is 3. The molecule has 1 aromatic carbocycles. The minimum Gasteiger partial charge on any atom is -0.633 e. The van der Waals surface area contributed by atoms with Crippen LogP contribution >= 0.6 is 11.6 Å². The van der Waals surface area contributed by atoms with E-state index < -0.39 is 0 Å². The van der Waals surface area contributed by atoms with Crippen molar-refractivity contribution in [2.45, 2.75) is 0 Å². The fraction of sp³-hybridized carbons (Fsp3) is 0.462. The van der Waals surface area contributed by atoms with E-state index in [1.165, 1.54) is 0 Å². The molecule has 1 fully saturated rings. The lowest BCUT2D eigenvalue weighted by atomic mass is 10.2. The van der Waals surface area contributed by atoms with Crippen LogP contribution in [0.4, 0.5) is 0 Å². The second-order valence-electron chi connectivity index (χ2n) is 4.60. The fourth-order valence-corrected chi connectivity index (χ4v) is 2.10. The highest BCUT2D eigenvalue weighted by Crippen LogP contribution is 2.10. The summed E-state index contributed by atoms with van der Waals surface area (Å²) in [5.41, 5.74) is 0.545. The van der Waals surface area contributed by atoms with Gasteiger partial charge in [0.2, 0.25) is 0 Å². The van der Waals surface area contributed by atoms with Crippen LogP contribution in [0.3, 0.4) is 0 Å². The Labute approximate surface area is 117 Å². The first-order chi connectivity index (χ1) is 9.09. The largest absolute Gasteiger partial charge is 0.633 e. The Balaban J connectivity index is 1.79. The monoisotopic (exact) mass is 284 g/mol. The molecule has 1 aliphatic heterocycles. The molecule has 0 unspecified atom stereocenters. The molecule has 1 heterocycles. The minimum atomic E-state index is -0.291. The summed E-state index contributed by atoms with van der Waals surface area (Å²) >= 11 is 5.75. The van der Waals surface area contributed by atoms with Gasteiger partial charge < -0.3 is 19.9 Å². The maximum Gasteiger partial charge on any atom is 0.251 e. The number of ether oxygens (including phenoxy) is 1. The summed E-state index contributed by atoms with van der Waals surface area (Å²) in [4.78, 5) is 11.8. The van der Waals surface area contributed by atoms with Gasteiger partial charge in [-0.3, -0.25) is 4.79 Å². The van der Waals surface area contributed by atoms with Crippen LogP contribution in [0.1, 0.15) is 10.4 Å². The first-order valence-electron chi connectivity index (χ1n) is 6.28. The number of quaternary nitrogens is 1. The summed E-state index contributed by atoms with van der Waals surface area (Å²) in [6, 6.07) is 6.65. The average Bonchev–Trinajstić information content (AvgIpc) is 2.40. The average molecular weight is 285 g/mol. The van der Waals surface area contributed by atoms with Crippen molar-refractivity contribution in [3.8, 4) is 0 Å². The van der Waals surface area contributed by atoms with Gasteiger partial charge in [-0.15, -0.1) is 0 Å². The third-order valence-electron chi connectivity index (χ3n) is 3.20. The summed E-state index contributed by atoms with van der Waals surface area (Å²) in [6.45, 7) is 2.64. The number of nitrogens with one attached hydrogen (secondary N) is 1. The quantitative estimate of drug-likeness (QED) is 0.672. The standard InChI is InChI=1S/C13H17ClN2O3/c14-12-3-1-11(2-4-12)13(17)15-5-6-16(18)7-9-19-10-8-16/h1-4H,5-10H2,(H,15,17). The highest BCUT2D eigenvalue weighted by Gasteiger charge is 2.20. The molecular weight excluding hydrogens is 268 g/mol. The molecule has 0 saturated carbocycles. The molecule has 104 valence electrons. The predicted molar refractivity (Wildman–Crippen MR) is 72.8 cm³/mol. The molecule has 0 aromatic heterocycles. The summed E-state index contributed by atoms with van der Waals surface area (Å²) in [7, 11) is 0. The molecule has 0 bridgehead atoms. The lowest BCUT2D eigenvalue weighted by Gasteiger charge is -2.45. The zero-order valence-corrected chi connectivity index (χ0v) is 11.4. The fourth-order valence-electron chi connectivity index (χ4n) is 1.98. The molecule has 0 atom stereocenters. The molecule has 1 amide bonds. The molecule has 1 aromatic rings. The van der Waals surface area contributed by atoms with Crippen LogP contribution in [0, 0.1) is 5.21 Å². The predicted octanol–water partition coefficient (Wildman–Crippen LogP) is 1.41. The zero-order chi connectivity index (χ0) is 13.7. The molecule has 0 spiro atoms. The Morgan fingerprint density at radius 3 is 2.58 bits per heavy atom. The van der Waals surface area contributed by atoms with Gasteiger partial charge in [0.1, 0.15) is 13.1 Å². The topological polar surface area (TPSA) is 61.4 Å². The maximum absolute atomic E-state index is 12.2. The van der Waals surface area contributed by atoms with Gasteiger partial charge in [0.05, 0.1) is 26.3 Å². The molecule has 6 heteroatoms. The van der Waals surface area contributed by atoms with Crippen molar-refractivity contribution in [2.24, 2.45) is 0 Å². The summed E-state index contributed by atoms with van der Waals surface area (Å²) < 4.78 is 4.87. The van der Waals surface area contributed by atoms with E-state index in [-0.39, 0.29) is 10.6 Å². The normalized spacial score (nSPS) is 18.0. The number of nitrogens with zero attached hydrogens (tertiary/aromatic N) is 1. The lowest BCUT2D eigenvalue weighted by molar-refractivity contribution is -0.887. The molecule has 0 radical (unpaired) electrons. The summed E-state index contributed by atoms with van der Waals surface area (Å²) in [5, 5.41) is 15.5. The van der Waals surface area contributed by atoms with E-state index in [1.807, 2.05) is 0 Å². The number of halogens is 1. The smallest absolute Gasteiger partial charge is 0.251 e. The van der Waals surface area contributed by atoms with Crippen LogP contribution < -0.4 is 5.32 Å². The Hall–Kier alpha value is -1.14. The first kappa shape index (κ1) is 14.3. The van der Waals surface area contributed by atoms with Crippen molar-refractivity contribution < 1.29 is 14.2 Å². The second-order valence-corrected chi connectivity index (χ2v) is 5.04. The Kier molecular flexibility index (Phi) is 4.76. The Morgan fingerprint density at radius 2 is 1.95 bits per heavy atom. The highest BCUT2D eigenvalue weighted by molar-refractivity contribution is 6.30. The van der Waals surface area contributed by atoms with Gasteiger partial charge in [-0.2, -0.15) is 0 Å². The van der Waals surface area contributed by atoms with Crippen molar-refractivity contribution in [2.75, 3.05) is 39.4 Å². The lowest BCUT2D eigenvalue weighted by Crippen LogP contribution is -2.53. The molecule has 0 aliphatic carbocycles. The number of hydrogen-bond acceptors (Lipinski definition) is 3. The van der Waals surface area contributed by atoms with Gasteiger partial charge in [-0.25, -0.2) is 0 Å². The van der Waals surface area contributed by atoms with Gasteiger partial charge in [0.25, 0.3) is 5.91 Å². The molecule has 1 aliphatic rings. The van der Waals surface area contributed by atoms with Crippen LogP contribution in [-0.2, 0) is 4.74 Å². The van der Waals surface area contributed by atoms with Gasteiger partial charge in [0, 0.05) is 10.6 Å². The van der Waals surface area contributed by atoms with Gasteiger partial charge >= 0.3 is 0 Å².